The van der Waals surface area contributed by atoms with E-state index in [2.05, 4.69) is 36.0 Å². The summed E-state index contributed by atoms with van der Waals surface area (Å²) in [5, 5.41) is 7.97. The molecule has 1 aliphatic carbocycles. The largest absolute Gasteiger partial charge is 0.319 e. The van der Waals surface area contributed by atoms with Crippen LogP contribution >= 0.6 is 0 Å². The predicted octanol–water partition coefficient (Wildman–Crippen LogP) is 1.12. The molecule has 4 heteroatoms. The molecule has 0 spiro atoms. The van der Waals surface area contributed by atoms with E-state index in [1.54, 1.807) is 6.20 Å². The lowest BCUT2D eigenvalue weighted by atomic mass is 9.93. The molecule has 76 valence electrons. The van der Waals surface area contributed by atoms with Crippen molar-refractivity contribution in [2.45, 2.75) is 44.6 Å². The van der Waals surface area contributed by atoms with Gasteiger partial charge >= 0.3 is 0 Å². The molecule has 1 saturated carbocycles. The number of rotatable bonds is 1. The zero-order chi connectivity index (χ0) is 10.4. The molecule has 1 aliphatic rings. The average molecular weight is 192 g/mol. The maximum atomic E-state index is 6.02. The minimum atomic E-state index is -0.283. The van der Waals surface area contributed by atoms with Crippen LogP contribution in [0.3, 0.4) is 0 Å². The monoisotopic (exact) mass is 192 g/mol. The SMILES string of the molecule is CC(C)(C)c1cnnc(C2(N)CC2)n1. The fourth-order valence-corrected chi connectivity index (χ4v) is 1.23. The van der Waals surface area contributed by atoms with Gasteiger partial charge in [-0.05, 0) is 12.8 Å². The van der Waals surface area contributed by atoms with Crippen molar-refractivity contribution in [2.75, 3.05) is 0 Å². The van der Waals surface area contributed by atoms with Crippen LogP contribution in [0, 0.1) is 0 Å². The number of hydrogen-bond acceptors (Lipinski definition) is 4. The van der Waals surface area contributed by atoms with Gasteiger partial charge in [0.1, 0.15) is 0 Å². The summed E-state index contributed by atoms with van der Waals surface area (Å²) in [6.07, 6.45) is 3.67. The normalized spacial score (nSPS) is 19.4. The molecule has 2 rings (SSSR count). The Balaban J connectivity index is 2.37. The summed E-state index contributed by atoms with van der Waals surface area (Å²) in [7, 11) is 0. The van der Waals surface area contributed by atoms with E-state index in [0.717, 1.165) is 18.5 Å². The topological polar surface area (TPSA) is 64.7 Å². The van der Waals surface area contributed by atoms with Crippen LogP contribution in [0.5, 0.6) is 0 Å². The van der Waals surface area contributed by atoms with E-state index < -0.39 is 0 Å². The Morgan fingerprint density at radius 1 is 1.36 bits per heavy atom. The van der Waals surface area contributed by atoms with Gasteiger partial charge in [-0.1, -0.05) is 20.8 Å². The van der Waals surface area contributed by atoms with Gasteiger partial charge in [0.25, 0.3) is 0 Å². The molecule has 1 heterocycles. The van der Waals surface area contributed by atoms with Crippen LogP contribution in [0.1, 0.15) is 45.1 Å². The molecule has 1 aromatic heterocycles. The Hall–Kier alpha value is -1.03. The first-order chi connectivity index (χ1) is 6.42. The van der Waals surface area contributed by atoms with Gasteiger partial charge in [-0.15, -0.1) is 5.10 Å². The van der Waals surface area contributed by atoms with Crippen molar-refractivity contribution in [3.63, 3.8) is 0 Å². The fourth-order valence-electron chi connectivity index (χ4n) is 1.23. The molecular formula is C10H16N4. The molecule has 0 aliphatic heterocycles. The van der Waals surface area contributed by atoms with Crippen molar-refractivity contribution in [2.24, 2.45) is 5.73 Å². The summed E-state index contributed by atoms with van der Waals surface area (Å²) >= 11 is 0. The maximum absolute atomic E-state index is 6.02. The smallest absolute Gasteiger partial charge is 0.171 e. The van der Waals surface area contributed by atoms with Gasteiger partial charge in [-0.25, -0.2) is 4.98 Å². The molecular weight excluding hydrogens is 176 g/mol. The minimum Gasteiger partial charge on any atom is -0.319 e. The molecule has 0 atom stereocenters. The zero-order valence-corrected chi connectivity index (χ0v) is 8.91. The van der Waals surface area contributed by atoms with E-state index in [1.165, 1.54) is 0 Å². The molecule has 14 heavy (non-hydrogen) atoms. The Morgan fingerprint density at radius 3 is 2.50 bits per heavy atom. The van der Waals surface area contributed by atoms with Crippen molar-refractivity contribution in [3.05, 3.63) is 17.7 Å². The summed E-state index contributed by atoms with van der Waals surface area (Å²) in [6, 6.07) is 0. The minimum absolute atomic E-state index is 0.00986. The van der Waals surface area contributed by atoms with Crippen LogP contribution in [0.15, 0.2) is 6.20 Å². The Labute approximate surface area is 83.9 Å². The van der Waals surface area contributed by atoms with E-state index in [-0.39, 0.29) is 11.0 Å². The maximum Gasteiger partial charge on any atom is 0.171 e. The lowest BCUT2D eigenvalue weighted by Crippen LogP contribution is -2.25. The summed E-state index contributed by atoms with van der Waals surface area (Å²) < 4.78 is 0. The third kappa shape index (κ3) is 1.62. The highest BCUT2D eigenvalue weighted by Crippen LogP contribution is 2.40. The highest BCUT2D eigenvalue weighted by Gasteiger charge is 2.43. The summed E-state index contributed by atoms with van der Waals surface area (Å²) in [4.78, 5) is 4.48. The van der Waals surface area contributed by atoms with E-state index in [4.69, 9.17) is 5.73 Å². The average Bonchev–Trinajstić information content (AvgIpc) is 2.84. The molecule has 1 aromatic rings. The first-order valence-corrected chi connectivity index (χ1v) is 4.91. The van der Waals surface area contributed by atoms with E-state index in [9.17, 15) is 0 Å². The van der Waals surface area contributed by atoms with Crippen molar-refractivity contribution in [1.82, 2.24) is 15.2 Å². The second-order valence-corrected chi connectivity index (χ2v) is 5.07. The Kier molecular flexibility index (Phi) is 1.86. The summed E-state index contributed by atoms with van der Waals surface area (Å²) in [5.74, 6) is 0.699. The second kappa shape index (κ2) is 2.73. The highest BCUT2D eigenvalue weighted by molar-refractivity contribution is 5.17. The van der Waals surface area contributed by atoms with Crippen molar-refractivity contribution < 1.29 is 0 Å². The zero-order valence-electron chi connectivity index (χ0n) is 8.91. The lowest BCUT2D eigenvalue weighted by molar-refractivity contribution is 0.539. The van der Waals surface area contributed by atoms with Crippen molar-refractivity contribution in [1.29, 1.82) is 0 Å². The lowest BCUT2D eigenvalue weighted by Gasteiger charge is -2.18. The van der Waals surface area contributed by atoms with Crippen molar-refractivity contribution in [3.8, 4) is 0 Å². The predicted molar refractivity (Wildman–Crippen MR) is 53.6 cm³/mol. The van der Waals surface area contributed by atoms with Gasteiger partial charge in [0.2, 0.25) is 0 Å². The molecule has 0 amide bonds. The number of nitrogens with zero attached hydrogens (tertiary/aromatic N) is 3. The van der Waals surface area contributed by atoms with Crippen LogP contribution in [0.25, 0.3) is 0 Å². The molecule has 4 nitrogen and oxygen atoms in total. The Bertz CT molecular complexity index is 329. The van der Waals surface area contributed by atoms with Crippen LogP contribution in [-0.4, -0.2) is 15.2 Å². The van der Waals surface area contributed by atoms with Gasteiger partial charge in [0.05, 0.1) is 17.4 Å². The van der Waals surface area contributed by atoms with Crippen LogP contribution < -0.4 is 5.73 Å². The number of nitrogens with two attached hydrogens (primary N) is 1. The third-order valence-corrected chi connectivity index (χ3v) is 2.56. The summed E-state index contributed by atoms with van der Waals surface area (Å²) in [6.45, 7) is 6.32. The van der Waals surface area contributed by atoms with E-state index >= 15 is 0 Å². The van der Waals surface area contributed by atoms with Crippen LogP contribution in [0.4, 0.5) is 0 Å². The Morgan fingerprint density at radius 2 is 2.00 bits per heavy atom. The molecule has 0 saturated heterocycles. The van der Waals surface area contributed by atoms with Gasteiger partial charge in [0, 0.05) is 5.41 Å². The third-order valence-electron chi connectivity index (χ3n) is 2.56. The molecule has 2 N–H and O–H groups in total. The molecule has 0 bridgehead atoms. The quantitative estimate of drug-likeness (QED) is 0.724. The second-order valence-electron chi connectivity index (χ2n) is 5.07. The molecule has 0 aromatic carbocycles. The first-order valence-electron chi connectivity index (χ1n) is 4.91. The fraction of sp³-hybridized carbons (Fsp3) is 0.700. The first kappa shape index (κ1) is 9.52. The van der Waals surface area contributed by atoms with Crippen molar-refractivity contribution >= 4 is 0 Å². The number of hydrogen-bond donors (Lipinski definition) is 1. The van der Waals surface area contributed by atoms with Gasteiger partial charge in [0.15, 0.2) is 5.82 Å². The van der Waals surface area contributed by atoms with Crippen LogP contribution in [-0.2, 0) is 11.0 Å². The van der Waals surface area contributed by atoms with E-state index in [0.29, 0.717) is 5.82 Å². The molecule has 1 fully saturated rings. The molecule has 0 unspecified atom stereocenters. The van der Waals surface area contributed by atoms with Gasteiger partial charge in [-0.2, -0.15) is 5.10 Å². The highest BCUT2D eigenvalue weighted by atomic mass is 15.2. The van der Waals surface area contributed by atoms with Crippen LogP contribution in [0.2, 0.25) is 0 Å². The van der Waals surface area contributed by atoms with E-state index in [1.807, 2.05) is 0 Å². The number of aromatic nitrogens is 3. The molecule has 0 radical (unpaired) electrons. The van der Waals surface area contributed by atoms with Gasteiger partial charge in [-0.3, -0.25) is 0 Å². The summed E-state index contributed by atoms with van der Waals surface area (Å²) in [5.41, 5.74) is 6.70. The van der Waals surface area contributed by atoms with Gasteiger partial charge < -0.3 is 5.73 Å². The standard InChI is InChI=1S/C10H16N4/c1-9(2,3)7-6-12-14-8(13-7)10(11)4-5-10/h6H,4-5,11H2,1-3H3.